The van der Waals surface area contributed by atoms with Crippen molar-refractivity contribution in [1.29, 1.82) is 0 Å². The Morgan fingerprint density at radius 1 is 1.21 bits per heavy atom. The van der Waals surface area contributed by atoms with Crippen molar-refractivity contribution in [2.24, 2.45) is 10.9 Å². The minimum absolute atomic E-state index is 0.0820. The Kier molecular flexibility index (Phi) is 4.41. The molecule has 0 radical (unpaired) electrons. The molecule has 0 aliphatic rings. The molecule has 0 unspecified atom stereocenters. The number of rotatable bonds is 4. The van der Waals surface area contributed by atoms with Gasteiger partial charge in [0.15, 0.2) is 5.84 Å². The van der Waals surface area contributed by atoms with Gasteiger partial charge in [0.2, 0.25) is 0 Å². The fraction of sp³-hybridized carbons (Fsp3) is 0.0714. The van der Waals surface area contributed by atoms with E-state index in [0.29, 0.717) is 12.2 Å². The summed E-state index contributed by atoms with van der Waals surface area (Å²) in [7, 11) is 0. The molecule has 0 spiro atoms. The van der Waals surface area contributed by atoms with Crippen LogP contribution in [0.5, 0.6) is 5.75 Å². The first-order valence-corrected chi connectivity index (χ1v) is 6.43. The molecule has 19 heavy (non-hydrogen) atoms. The van der Waals surface area contributed by atoms with E-state index < -0.39 is 0 Å². The molecule has 4 nitrogen and oxygen atoms in total. The first-order chi connectivity index (χ1) is 9.19. The van der Waals surface area contributed by atoms with Gasteiger partial charge in [-0.3, -0.25) is 0 Å². The summed E-state index contributed by atoms with van der Waals surface area (Å²) in [6.45, 7) is 0.488. The summed E-state index contributed by atoms with van der Waals surface area (Å²) in [5, 5.41) is 11.5. The quantitative estimate of drug-likeness (QED) is 0.393. The highest BCUT2D eigenvalue weighted by molar-refractivity contribution is 9.10. The van der Waals surface area contributed by atoms with E-state index in [0.717, 1.165) is 15.8 Å². The third kappa shape index (κ3) is 3.72. The maximum atomic E-state index is 8.56. The topological polar surface area (TPSA) is 67.8 Å². The van der Waals surface area contributed by atoms with Gasteiger partial charge >= 0.3 is 0 Å². The molecule has 0 saturated heterocycles. The normalized spacial score (nSPS) is 11.3. The molecule has 2 aromatic carbocycles. The van der Waals surface area contributed by atoms with Crippen molar-refractivity contribution in [3.05, 3.63) is 64.1 Å². The first-order valence-electron chi connectivity index (χ1n) is 5.64. The molecule has 0 aliphatic carbocycles. The largest absolute Gasteiger partial charge is 0.489 e. The number of nitrogens with two attached hydrogens (primary N) is 1. The number of halogens is 1. The number of hydrogen-bond donors (Lipinski definition) is 2. The van der Waals surface area contributed by atoms with E-state index >= 15 is 0 Å². The number of oxime groups is 1. The van der Waals surface area contributed by atoms with Gasteiger partial charge in [0, 0.05) is 10.0 Å². The second-order valence-corrected chi connectivity index (χ2v) is 4.84. The number of hydrogen-bond acceptors (Lipinski definition) is 3. The second-order valence-electron chi connectivity index (χ2n) is 3.93. The van der Waals surface area contributed by atoms with E-state index in [4.69, 9.17) is 15.7 Å². The SMILES string of the molecule is N/C(=N\O)c1ccc(OCc2cccc(Br)c2)cc1. The lowest BCUT2D eigenvalue weighted by Crippen LogP contribution is -2.12. The highest BCUT2D eigenvalue weighted by Gasteiger charge is 2.00. The van der Waals surface area contributed by atoms with Gasteiger partial charge in [-0.05, 0) is 42.0 Å². The van der Waals surface area contributed by atoms with Gasteiger partial charge in [-0.25, -0.2) is 0 Å². The molecule has 0 aliphatic heterocycles. The lowest BCUT2D eigenvalue weighted by Gasteiger charge is -2.07. The second kappa shape index (κ2) is 6.24. The van der Waals surface area contributed by atoms with Crippen molar-refractivity contribution in [3.8, 4) is 5.75 Å². The third-order valence-electron chi connectivity index (χ3n) is 2.55. The van der Waals surface area contributed by atoms with Crippen molar-refractivity contribution < 1.29 is 9.94 Å². The molecule has 98 valence electrons. The van der Waals surface area contributed by atoms with Crippen LogP contribution in [0.2, 0.25) is 0 Å². The summed E-state index contributed by atoms with van der Waals surface area (Å²) in [6.07, 6.45) is 0. The average molecular weight is 321 g/mol. The third-order valence-corrected chi connectivity index (χ3v) is 3.05. The van der Waals surface area contributed by atoms with Crippen LogP contribution in [0.3, 0.4) is 0 Å². The van der Waals surface area contributed by atoms with Crippen LogP contribution in [0.4, 0.5) is 0 Å². The van der Waals surface area contributed by atoms with Crippen LogP contribution in [0, 0.1) is 0 Å². The predicted molar refractivity (Wildman–Crippen MR) is 77.4 cm³/mol. The number of benzene rings is 2. The van der Waals surface area contributed by atoms with Crippen LogP contribution in [0.1, 0.15) is 11.1 Å². The monoisotopic (exact) mass is 320 g/mol. The molecule has 2 rings (SSSR count). The van der Waals surface area contributed by atoms with Gasteiger partial charge in [-0.15, -0.1) is 0 Å². The van der Waals surface area contributed by atoms with E-state index in [1.54, 1.807) is 24.3 Å². The van der Waals surface area contributed by atoms with E-state index in [2.05, 4.69) is 21.1 Å². The summed E-state index contributed by atoms with van der Waals surface area (Å²) < 4.78 is 6.68. The molecule has 0 saturated carbocycles. The summed E-state index contributed by atoms with van der Waals surface area (Å²) in [5.74, 6) is 0.813. The average Bonchev–Trinajstić information content (AvgIpc) is 2.45. The lowest BCUT2D eigenvalue weighted by atomic mass is 10.2. The molecule has 5 heteroatoms. The molecule has 0 fully saturated rings. The van der Waals surface area contributed by atoms with Gasteiger partial charge in [0.25, 0.3) is 0 Å². The minimum atomic E-state index is 0.0820. The first kappa shape index (κ1) is 13.4. The smallest absolute Gasteiger partial charge is 0.170 e. The summed E-state index contributed by atoms with van der Waals surface area (Å²) >= 11 is 3.42. The maximum Gasteiger partial charge on any atom is 0.170 e. The molecule has 0 bridgehead atoms. The Morgan fingerprint density at radius 3 is 2.58 bits per heavy atom. The van der Waals surface area contributed by atoms with Crippen LogP contribution >= 0.6 is 15.9 Å². The Hall–Kier alpha value is -2.01. The van der Waals surface area contributed by atoms with Crippen molar-refractivity contribution in [1.82, 2.24) is 0 Å². The number of amidine groups is 1. The van der Waals surface area contributed by atoms with E-state index in [9.17, 15) is 0 Å². The Labute approximate surface area is 119 Å². The van der Waals surface area contributed by atoms with E-state index in [1.165, 1.54) is 0 Å². The van der Waals surface area contributed by atoms with Crippen molar-refractivity contribution in [3.63, 3.8) is 0 Å². The Balaban J connectivity index is 2.00. The molecule has 0 amide bonds. The predicted octanol–water partition coefficient (Wildman–Crippen LogP) is 3.12. The Bertz CT molecular complexity index is 582. The van der Waals surface area contributed by atoms with Crippen LogP contribution < -0.4 is 10.5 Å². The molecular weight excluding hydrogens is 308 g/mol. The van der Waals surface area contributed by atoms with Crippen molar-refractivity contribution in [2.75, 3.05) is 0 Å². The van der Waals surface area contributed by atoms with Crippen LogP contribution in [0.15, 0.2) is 58.2 Å². The molecule has 0 aromatic heterocycles. The fourth-order valence-electron chi connectivity index (χ4n) is 1.57. The van der Waals surface area contributed by atoms with E-state index in [1.807, 2.05) is 24.3 Å². The molecule has 0 heterocycles. The van der Waals surface area contributed by atoms with Gasteiger partial charge < -0.3 is 15.7 Å². The van der Waals surface area contributed by atoms with Crippen molar-refractivity contribution in [2.45, 2.75) is 6.61 Å². The zero-order chi connectivity index (χ0) is 13.7. The zero-order valence-electron chi connectivity index (χ0n) is 10.1. The van der Waals surface area contributed by atoms with Crippen LogP contribution in [-0.2, 0) is 6.61 Å². The summed E-state index contributed by atoms with van der Waals surface area (Å²) in [4.78, 5) is 0. The lowest BCUT2D eigenvalue weighted by molar-refractivity contribution is 0.306. The summed E-state index contributed by atoms with van der Waals surface area (Å²) in [6, 6.07) is 15.0. The highest BCUT2D eigenvalue weighted by Crippen LogP contribution is 2.16. The van der Waals surface area contributed by atoms with Gasteiger partial charge in [-0.2, -0.15) is 0 Å². The number of nitrogens with zero attached hydrogens (tertiary/aromatic N) is 1. The van der Waals surface area contributed by atoms with Crippen LogP contribution in [-0.4, -0.2) is 11.0 Å². The molecular formula is C14H13BrN2O2. The minimum Gasteiger partial charge on any atom is -0.489 e. The molecule has 0 atom stereocenters. The number of ether oxygens (including phenoxy) is 1. The standard InChI is InChI=1S/C14H13BrN2O2/c15-12-3-1-2-10(8-12)9-19-13-6-4-11(5-7-13)14(16)17-18/h1-8,18H,9H2,(H2,16,17). The molecule has 3 N–H and O–H groups in total. The van der Waals surface area contributed by atoms with Gasteiger partial charge in [0.05, 0.1) is 0 Å². The van der Waals surface area contributed by atoms with Gasteiger partial charge in [-0.1, -0.05) is 33.2 Å². The summed E-state index contributed by atoms with van der Waals surface area (Å²) in [5.41, 5.74) is 7.21. The molecule has 2 aromatic rings. The maximum absolute atomic E-state index is 8.56. The fourth-order valence-corrected chi connectivity index (χ4v) is 2.02. The van der Waals surface area contributed by atoms with E-state index in [-0.39, 0.29) is 5.84 Å². The van der Waals surface area contributed by atoms with Crippen molar-refractivity contribution >= 4 is 21.8 Å². The van der Waals surface area contributed by atoms with Crippen LogP contribution in [0.25, 0.3) is 0 Å². The zero-order valence-corrected chi connectivity index (χ0v) is 11.7. The Morgan fingerprint density at radius 2 is 1.95 bits per heavy atom. The van der Waals surface area contributed by atoms with Gasteiger partial charge in [0.1, 0.15) is 12.4 Å². The highest BCUT2D eigenvalue weighted by atomic mass is 79.9.